The maximum absolute atomic E-state index is 12.8. The molecule has 6 unspecified atom stereocenters. The fraction of sp³-hybridized carbons (Fsp3) is 0.738. The Balaban J connectivity index is 1.16. The van der Waals surface area contributed by atoms with Gasteiger partial charge in [0.25, 0.3) is 0 Å². The smallest absolute Gasteiger partial charge is 0.315 e. The highest BCUT2D eigenvalue weighted by Crippen LogP contribution is 2.77. The molecule has 7 nitrogen and oxygen atoms in total. The Morgan fingerprint density at radius 1 is 0.816 bits per heavy atom. The molecule has 0 bridgehead atoms. The zero-order valence-electron chi connectivity index (χ0n) is 31.2. The number of carbonyl (C=O) groups is 3. The number of esters is 1. The Labute approximate surface area is 295 Å². The van der Waals surface area contributed by atoms with Gasteiger partial charge in [-0.1, -0.05) is 84.0 Å². The molecule has 0 aliphatic heterocycles. The van der Waals surface area contributed by atoms with Gasteiger partial charge in [0.05, 0.1) is 6.42 Å². The molecular weight excluding hydrogens is 610 g/mol. The van der Waals surface area contributed by atoms with Crippen LogP contribution in [0.5, 0.6) is 0 Å². The topological polar surface area (TPSA) is 111 Å². The van der Waals surface area contributed by atoms with Crippen molar-refractivity contribution >= 4 is 17.9 Å². The molecule has 5 saturated carbocycles. The Hall–Kier alpha value is -2.83. The van der Waals surface area contributed by atoms with Gasteiger partial charge in [0.15, 0.2) is 0 Å². The van der Waals surface area contributed by atoms with Gasteiger partial charge in [-0.3, -0.25) is 9.59 Å². The molecule has 5 fully saturated rings. The van der Waals surface area contributed by atoms with Gasteiger partial charge in [-0.05, 0) is 121 Å². The normalized spacial score (nSPS) is 40.4. The minimum Gasteiger partial charge on any atom is -0.462 e. The number of benzene rings is 1. The van der Waals surface area contributed by atoms with E-state index in [0.29, 0.717) is 48.1 Å². The van der Waals surface area contributed by atoms with E-state index >= 15 is 0 Å². The standard InChI is InChI=1S/C42H63N3O4/c1-27(25-44-37(48)45-26-28-11-9-8-10-12-28)29-17-20-39(4)23-24-41(6)30(36(29)39)13-14-32-40(5)21-19-33(49-35(47)16-15-34(43)46)38(2,3)31(40)18-22-42(32,41)7/h8-12,29-33,36H,1,13-26H2,2-7H3,(H2,43,46)(H2,44,45,48)/t29?,30?,31?,32?,33?,36?,39-,40+,41-,42-/m1/s1. The van der Waals surface area contributed by atoms with Crippen molar-refractivity contribution in [3.05, 3.63) is 48.0 Å². The SMILES string of the molecule is C=C(CNC(=O)NCc1ccccc1)C1CC[C@]2(C)CC[C@]3(C)C(CCC4[C@@]5(C)CCC(OC(=O)CCC(N)=O)C(C)(C)C5CC[C@]43C)C12. The molecule has 0 aromatic heterocycles. The molecule has 270 valence electrons. The van der Waals surface area contributed by atoms with Gasteiger partial charge >= 0.3 is 12.0 Å². The predicted molar refractivity (Wildman–Crippen MR) is 194 cm³/mol. The van der Waals surface area contributed by atoms with Crippen molar-refractivity contribution < 1.29 is 19.1 Å². The van der Waals surface area contributed by atoms with Crippen molar-refractivity contribution in [1.82, 2.24) is 10.6 Å². The lowest BCUT2D eigenvalue weighted by Gasteiger charge is -2.73. The molecule has 6 rings (SSSR count). The summed E-state index contributed by atoms with van der Waals surface area (Å²) in [5.41, 5.74) is 8.48. The number of ether oxygens (including phenoxy) is 1. The molecule has 4 N–H and O–H groups in total. The summed E-state index contributed by atoms with van der Waals surface area (Å²) in [6, 6.07) is 9.90. The van der Waals surface area contributed by atoms with E-state index in [1.807, 2.05) is 30.3 Å². The fourth-order valence-corrected chi connectivity index (χ4v) is 13.2. The first-order chi connectivity index (χ1) is 23.0. The number of hydrogen-bond donors (Lipinski definition) is 3. The summed E-state index contributed by atoms with van der Waals surface area (Å²) in [7, 11) is 0. The molecule has 49 heavy (non-hydrogen) atoms. The van der Waals surface area contributed by atoms with Crippen LogP contribution in [0.15, 0.2) is 42.5 Å². The molecule has 5 aliphatic carbocycles. The lowest BCUT2D eigenvalue weighted by Crippen LogP contribution is -2.66. The molecule has 5 aliphatic rings. The third-order valence-electron chi connectivity index (χ3n) is 15.9. The fourth-order valence-electron chi connectivity index (χ4n) is 13.2. The van der Waals surface area contributed by atoms with Crippen molar-refractivity contribution in [1.29, 1.82) is 0 Å². The second kappa shape index (κ2) is 13.1. The quantitative estimate of drug-likeness (QED) is 0.181. The Morgan fingerprint density at radius 3 is 2.27 bits per heavy atom. The van der Waals surface area contributed by atoms with E-state index in [1.165, 1.54) is 50.5 Å². The molecule has 10 atom stereocenters. The maximum atomic E-state index is 12.8. The van der Waals surface area contributed by atoms with Crippen LogP contribution < -0.4 is 16.4 Å². The first-order valence-corrected chi connectivity index (χ1v) is 19.3. The van der Waals surface area contributed by atoms with Crippen LogP contribution in [-0.4, -0.2) is 30.6 Å². The number of hydrogen-bond acceptors (Lipinski definition) is 4. The summed E-state index contributed by atoms with van der Waals surface area (Å²) in [4.78, 5) is 36.8. The molecule has 0 saturated heterocycles. The second-order valence-corrected chi connectivity index (χ2v) is 18.5. The van der Waals surface area contributed by atoms with Gasteiger partial charge in [0, 0.05) is 24.9 Å². The van der Waals surface area contributed by atoms with E-state index in [4.69, 9.17) is 10.5 Å². The minimum absolute atomic E-state index is 0.0438. The number of fused-ring (bicyclic) bond motifs is 7. The van der Waals surface area contributed by atoms with Gasteiger partial charge in [-0.2, -0.15) is 0 Å². The van der Waals surface area contributed by atoms with E-state index in [2.05, 4.69) is 58.8 Å². The Bertz CT molecular complexity index is 1440. The number of nitrogens with one attached hydrogen (secondary N) is 2. The first kappa shape index (κ1) is 36.0. The van der Waals surface area contributed by atoms with Gasteiger partial charge in [-0.15, -0.1) is 0 Å². The minimum atomic E-state index is -0.460. The highest BCUT2D eigenvalue weighted by molar-refractivity contribution is 5.80. The molecule has 3 amide bonds. The Kier molecular flexibility index (Phi) is 9.58. The molecular formula is C42H63N3O4. The summed E-state index contributed by atoms with van der Waals surface area (Å²) in [6.45, 7) is 20.8. The van der Waals surface area contributed by atoms with Crippen LogP contribution in [0.25, 0.3) is 0 Å². The van der Waals surface area contributed by atoms with Gasteiger partial charge in [0.1, 0.15) is 6.10 Å². The number of rotatable bonds is 9. The third-order valence-corrected chi connectivity index (χ3v) is 15.9. The number of urea groups is 1. The van der Waals surface area contributed by atoms with Gasteiger partial charge < -0.3 is 21.1 Å². The summed E-state index contributed by atoms with van der Waals surface area (Å²) in [6.07, 6.45) is 11.8. The molecule has 1 aromatic rings. The number of amides is 3. The second-order valence-electron chi connectivity index (χ2n) is 18.5. The number of nitrogens with two attached hydrogens (primary N) is 1. The number of primary amides is 1. The molecule has 0 radical (unpaired) electrons. The monoisotopic (exact) mass is 673 g/mol. The van der Waals surface area contributed by atoms with Crippen LogP contribution in [0, 0.1) is 56.7 Å². The molecule has 0 heterocycles. The maximum Gasteiger partial charge on any atom is 0.315 e. The lowest BCUT2D eigenvalue weighted by atomic mass is 9.32. The van der Waals surface area contributed by atoms with E-state index in [-0.39, 0.29) is 52.6 Å². The highest BCUT2D eigenvalue weighted by Gasteiger charge is 2.70. The van der Waals surface area contributed by atoms with Gasteiger partial charge in [0.2, 0.25) is 5.91 Å². The average Bonchev–Trinajstić information content (AvgIpc) is 3.41. The van der Waals surface area contributed by atoms with Crippen molar-refractivity contribution in [2.24, 2.45) is 62.4 Å². The van der Waals surface area contributed by atoms with Crippen molar-refractivity contribution in [3.8, 4) is 0 Å². The lowest BCUT2D eigenvalue weighted by molar-refractivity contribution is -0.249. The van der Waals surface area contributed by atoms with Crippen LogP contribution in [0.4, 0.5) is 4.79 Å². The van der Waals surface area contributed by atoms with Crippen LogP contribution in [0.1, 0.15) is 124 Å². The molecule has 0 spiro atoms. The average molecular weight is 674 g/mol. The summed E-state index contributed by atoms with van der Waals surface area (Å²) in [5, 5.41) is 6.16. The van der Waals surface area contributed by atoms with Crippen molar-refractivity contribution in [2.45, 2.75) is 131 Å². The largest absolute Gasteiger partial charge is 0.462 e. The Morgan fingerprint density at radius 2 is 1.55 bits per heavy atom. The first-order valence-electron chi connectivity index (χ1n) is 19.3. The third kappa shape index (κ3) is 6.13. The van der Waals surface area contributed by atoms with E-state index in [9.17, 15) is 14.4 Å². The van der Waals surface area contributed by atoms with E-state index in [0.717, 1.165) is 24.8 Å². The van der Waals surface area contributed by atoms with Gasteiger partial charge in [-0.25, -0.2) is 4.79 Å². The van der Waals surface area contributed by atoms with Crippen molar-refractivity contribution in [3.63, 3.8) is 0 Å². The van der Waals surface area contributed by atoms with E-state index < -0.39 is 5.91 Å². The molecule has 1 aromatic carbocycles. The van der Waals surface area contributed by atoms with Crippen LogP contribution in [0.2, 0.25) is 0 Å². The van der Waals surface area contributed by atoms with E-state index in [1.54, 1.807) is 0 Å². The predicted octanol–water partition coefficient (Wildman–Crippen LogP) is 8.32. The molecule has 7 heteroatoms. The summed E-state index contributed by atoms with van der Waals surface area (Å²) < 4.78 is 6.09. The van der Waals surface area contributed by atoms with Crippen LogP contribution in [-0.2, 0) is 20.9 Å². The zero-order chi connectivity index (χ0) is 35.4. The van der Waals surface area contributed by atoms with Crippen LogP contribution in [0.3, 0.4) is 0 Å². The summed E-state index contributed by atoms with van der Waals surface area (Å²) >= 11 is 0. The summed E-state index contributed by atoms with van der Waals surface area (Å²) in [5.74, 6) is 2.05. The highest BCUT2D eigenvalue weighted by atomic mass is 16.5. The van der Waals surface area contributed by atoms with Crippen molar-refractivity contribution in [2.75, 3.05) is 6.54 Å². The zero-order valence-corrected chi connectivity index (χ0v) is 31.2. The number of carbonyl (C=O) groups excluding carboxylic acids is 3. The van der Waals surface area contributed by atoms with Crippen LogP contribution >= 0.6 is 0 Å².